The molecule has 1 saturated heterocycles. The van der Waals surface area contributed by atoms with E-state index in [2.05, 4.69) is 0 Å². The third-order valence-corrected chi connectivity index (χ3v) is 4.57. The van der Waals surface area contributed by atoms with Crippen molar-refractivity contribution in [2.75, 3.05) is 20.1 Å². The Bertz CT molecular complexity index is 536. The molecule has 2 rings (SSSR count). The third kappa shape index (κ3) is 2.00. The third-order valence-electron chi connectivity index (χ3n) is 2.79. The Morgan fingerprint density at radius 2 is 1.71 bits per heavy atom. The summed E-state index contributed by atoms with van der Waals surface area (Å²) in [7, 11) is -2.11. The van der Waals surface area contributed by atoms with Crippen LogP contribution < -0.4 is 0 Å². The van der Waals surface area contributed by atoms with Gasteiger partial charge in [0.25, 0.3) is 10.0 Å². The number of carbonyl (C=O) groups excluding carboxylic acids is 1. The molecular weight excluding hydrogens is 240 g/mol. The summed E-state index contributed by atoms with van der Waals surface area (Å²) in [6, 6.07) is 6.02. The molecule has 5 nitrogen and oxygen atoms in total. The Hall–Kier alpha value is -1.56. The normalized spacial score (nSPS) is 16.7. The average Bonchev–Trinajstić information content (AvgIpc) is 2.61. The van der Waals surface area contributed by atoms with Gasteiger partial charge in [-0.25, -0.2) is 17.5 Å². The van der Waals surface area contributed by atoms with Crippen LogP contribution in [0.25, 0.3) is 0 Å². The number of hydrogen-bond donors (Lipinski definition) is 0. The Balaban J connectivity index is 2.37. The molecule has 1 aromatic carbocycles. The van der Waals surface area contributed by atoms with E-state index in [4.69, 9.17) is 0 Å². The molecule has 92 valence electrons. The molecule has 0 unspecified atom stereocenters. The second-order valence-corrected chi connectivity index (χ2v) is 5.96. The zero-order valence-electron chi connectivity index (χ0n) is 9.75. The molecule has 0 radical (unpaired) electrons. The topological polar surface area (TPSA) is 57.7 Å². The van der Waals surface area contributed by atoms with Crippen molar-refractivity contribution in [2.45, 2.75) is 11.8 Å². The first-order valence-corrected chi connectivity index (χ1v) is 6.71. The van der Waals surface area contributed by atoms with E-state index in [1.807, 2.05) is 6.92 Å². The van der Waals surface area contributed by atoms with Gasteiger partial charge in [-0.05, 0) is 19.1 Å². The largest absolute Gasteiger partial charge is 0.333 e. The zero-order chi connectivity index (χ0) is 12.6. The number of carbonyl (C=O) groups is 1. The monoisotopic (exact) mass is 254 g/mol. The number of nitrogens with zero attached hydrogens (tertiary/aromatic N) is 2. The molecule has 6 heteroatoms. The fourth-order valence-corrected chi connectivity index (χ4v) is 3.08. The maximum absolute atomic E-state index is 12.2. The van der Waals surface area contributed by atoms with Gasteiger partial charge >= 0.3 is 6.03 Å². The second kappa shape index (κ2) is 4.03. The molecule has 0 saturated carbocycles. The maximum Gasteiger partial charge on any atom is 0.333 e. The van der Waals surface area contributed by atoms with E-state index < -0.39 is 16.1 Å². The molecular formula is C11H14N2O3S. The quantitative estimate of drug-likeness (QED) is 0.792. The van der Waals surface area contributed by atoms with Crippen LogP contribution in [-0.2, 0) is 10.0 Å². The minimum atomic E-state index is -3.70. The van der Waals surface area contributed by atoms with Gasteiger partial charge in [0.1, 0.15) is 0 Å². The highest BCUT2D eigenvalue weighted by molar-refractivity contribution is 7.89. The Morgan fingerprint density at radius 1 is 1.12 bits per heavy atom. The van der Waals surface area contributed by atoms with E-state index in [9.17, 15) is 13.2 Å². The van der Waals surface area contributed by atoms with Gasteiger partial charge < -0.3 is 4.90 Å². The van der Waals surface area contributed by atoms with Gasteiger partial charge in [-0.3, -0.25) is 0 Å². The highest BCUT2D eigenvalue weighted by atomic mass is 32.2. The highest BCUT2D eigenvalue weighted by Gasteiger charge is 2.35. The van der Waals surface area contributed by atoms with Crippen molar-refractivity contribution in [3.05, 3.63) is 29.8 Å². The molecule has 0 aromatic heterocycles. The minimum absolute atomic E-state index is 0.159. The summed E-state index contributed by atoms with van der Waals surface area (Å²) < 4.78 is 25.3. The van der Waals surface area contributed by atoms with E-state index in [-0.39, 0.29) is 11.4 Å². The number of urea groups is 1. The SMILES string of the molecule is Cc1ccc(S(=O)(=O)N2CCN(C)C2=O)cc1. The van der Waals surface area contributed by atoms with Gasteiger partial charge in [0.2, 0.25) is 0 Å². The predicted molar refractivity (Wildman–Crippen MR) is 63.1 cm³/mol. The minimum Gasteiger partial charge on any atom is -0.325 e. The number of benzene rings is 1. The van der Waals surface area contributed by atoms with Crippen molar-refractivity contribution in [1.29, 1.82) is 0 Å². The number of aryl methyl sites for hydroxylation is 1. The standard InChI is InChI=1S/C11H14N2O3S/c1-9-3-5-10(6-4-9)17(15,16)13-8-7-12(2)11(13)14/h3-6H,7-8H2,1-2H3. The van der Waals surface area contributed by atoms with Crippen LogP contribution in [-0.4, -0.2) is 43.8 Å². The Labute approximate surface area is 101 Å². The summed E-state index contributed by atoms with van der Waals surface area (Å²) in [5.74, 6) is 0. The first-order chi connectivity index (χ1) is 7.93. The first kappa shape index (κ1) is 11.9. The van der Waals surface area contributed by atoms with Gasteiger partial charge in [0, 0.05) is 13.6 Å². The first-order valence-electron chi connectivity index (χ1n) is 5.27. The molecule has 1 aliphatic heterocycles. The van der Waals surface area contributed by atoms with Gasteiger partial charge in [0.15, 0.2) is 0 Å². The number of amides is 2. The van der Waals surface area contributed by atoms with Gasteiger partial charge in [-0.2, -0.15) is 0 Å². The number of likely N-dealkylation sites (N-methyl/N-ethyl adjacent to an activating group) is 1. The van der Waals surface area contributed by atoms with E-state index in [0.717, 1.165) is 9.87 Å². The van der Waals surface area contributed by atoms with Crippen molar-refractivity contribution in [1.82, 2.24) is 9.21 Å². The van der Waals surface area contributed by atoms with E-state index in [1.54, 1.807) is 19.2 Å². The van der Waals surface area contributed by atoms with E-state index in [0.29, 0.717) is 6.54 Å². The summed E-state index contributed by atoms with van der Waals surface area (Å²) in [5, 5.41) is 0. The molecule has 1 aromatic rings. The molecule has 0 spiro atoms. The van der Waals surface area contributed by atoms with Crippen LogP contribution in [0.4, 0.5) is 4.79 Å². The fourth-order valence-electron chi connectivity index (χ4n) is 1.68. The Morgan fingerprint density at radius 3 is 2.18 bits per heavy atom. The van der Waals surface area contributed by atoms with Crippen LogP contribution in [0.15, 0.2) is 29.2 Å². The Kier molecular flexibility index (Phi) is 2.82. The van der Waals surface area contributed by atoms with Crippen LogP contribution >= 0.6 is 0 Å². The molecule has 0 atom stereocenters. The van der Waals surface area contributed by atoms with Crippen molar-refractivity contribution in [2.24, 2.45) is 0 Å². The van der Waals surface area contributed by atoms with Gasteiger partial charge in [0.05, 0.1) is 11.4 Å². The fraction of sp³-hybridized carbons (Fsp3) is 0.364. The molecule has 2 amide bonds. The lowest BCUT2D eigenvalue weighted by molar-refractivity contribution is 0.214. The van der Waals surface area contributed by atoms with Crippen molar-refractivity contribution < 1.29 is 13.2 Å². The molecule has 0 bridgehead atoms. The lowest BCUT2D eigenvalue weighted by Gasteiger charge is -2.16. The van der Waals surface area contributed by atoms with Gasteiger partial charge in [-0.15, -0.1) is 0 Å². The second-order valence-electron chi connectivity index (χ2n) is 4.09. The molecule has 1 aliphatic rings. The van der Waals surface area contributed by atoms with Crippen molar-refractivity contribution in [3.8, 4) is 0 Å². The zero-order valence-corrected chi connectivity index (χ0v) is 10.6. The predicted octanol–water partition coefficient (Wildman–Crippen LogP) is 1.05. The lowest BCUT2D eigenvalue weighted by Crippen LogP contribution is -2.34. The highest BCUT2D eigenvalue weighted by Crippen LogP contribution is 2.20. The van der Waals surface area contributed by atoms with Crippen LogP contribution in [0.2, 0.25) is 0 Å². The van der Waals surface area contributed by atoms with Crippen LogP contribution in [0.3, 0.4) is 0 Å². The lowest BCUT2D eigenvalue weighted by atomic mass is 10.2. The number of rotatable bonds is 2. The van der Waals surface area contributed by atoms with E-state index in [1.165, 1.54) is 17.0 Å². The van der Waals surface area contributed by atoms with Crippen LogP contribution in [0.1, 0.15) is 5.56 Å². The van der Waals surface area contributed by atoms with Crippen LogP contribution in [0.5, 0.6) is 0 Å². The molecule has 0 aliphatic carbocycles. The molecule has 1 heterocycles. The number of hydrogen-bond acceptors (Lipinski definition) is 3. The van der Waals surface area contributed by atoms with Crippen LogP contribution in [0, 0.1) is 6.92 Å². The molecule has 1 fully saturated rings. The molecule has 0 N–H and O–H groups in total. The van der Waals surface area contributed by atoms with E-state index >= 15 is 0 Å². The van der Waals surface area contributed by atoms with Crippen molar-refractivity contribution in [3.63, 3.8) is 0 Å². The summed E-state index contributed by atoms with van der Waals surface area (Å²) in [4.78, 5) is 13.2. The summed E-state index contributed by atoms with van der Waals surface area (Å²) >= 11 is 0. The maximum atomic E-state index is 12.2. The van der Waals surface area contributed by atoms with Gasteiger partial charge in [-0.1, -0.05) is 17.7 Å². The summed E-state index contributed by atoms with van der Waals surface area (Å²) in [6.45, 7) is 2.53. The average molecular weight is 254 g/mol. The molecule has 17 heavy (non-hydrogen) atoms. The smallest absolute Gasteiger partial charge is 0.325 e. The summed E-state index contributed by atoms with van der Waals surface area (Å²) in [5.41, 5.74) is 0.980. The number of sulfonamides is 1. The summed E-state index contributed by atoms with van der Waals surface area (Å²) in [6.07, 6.45) is 0. The van der Waals surface area contributed by atoms with Crippen molar-refractivity contribution >= 4 is 16.1 Å².